The maximum absolute atomic E-state index is 11.3. The summed E-state index contributed by atoms with van der Waals surface area (Å²) < 4.78 is 22.5. The van der Waals surface area contributed by atoms with Crippen molar-refractivity contribution >= 4 is 21.4 Å². The van der Waals surface area contributed by atoms with Gasteiger partial charge in [-0.3, -0.25) is 4.79 Å². The SMILES string of the molecule is CCC(=O)Nc1ccc(S(=O)(=O)CO)cc1. The number of aliphatic hydroxyl groups is 1. The number of nitrogens with one attached hydrogen (secondary N) is 1. The third-order valence-electron chi connectivity index (χ3n) is 1.99. The van der Waals surface area contributed by atoms with Crippen molar-refractivity contribution in [3.8, 4) is 0 Å². The molecule has 0 aliphatic carbocycles. The Morgan fingerprint density at radius 1 is 1.31 bits per heavy atom. The minimum absolute atomic E-state index is 0.0319. The van der Waals surface area contributed by atoms with Gasteiger partial charge >= 0.3 is 0 Å². The first-order chi connectivity index (χ1) is 7.49. The molecule has 1 aromatic carbocycles. The van der Waals surface area contributed by atoms with E-state index in [0.29, 0.717) is 12.1 Å². The maximum atomic E-state index is 11.3. The molecule has 0 atom stereocenters. The maximum Gasteiger partial charge on any atom is 0.224 e. The molecular formula is C10H13NO4S. The van der Waals surface area contributed by atoms with Crippen molar-refractivity contribution in [2.45, 2.75) is 18.2 Å². The van der Waals surface area contributed by atoms with Crippen molar-refractivity contribution in [1.82, 2.24) is 0 Å². The van der Waals surface area contributed by atoms with E-state index in [0.717, 1.165) is 0 Å². The lowest BCUT2D eigenvalue weighted by atomic mass is 10.3. The van der Waals surface area contributed by atoms with E-state index in [2.05, 4.69) is 5.32 Å². The minimum Gasteiger partial charge on any atom is -0.380 e. The summed E-state index contributed by atoms with van der Waals surface area (Å²) in [6, 6.07) is 5.65. The van der Waals surface area contributed by atoms with Gasteiger partial charge in [-0.2, -0.15) is 0 Å². The summed E-state index contributed by atoms with van der Waals surface area (Å²) in [5.74, 6) is -1.06. The van der Waals surface area contributed by atoms with Crippen molar-refractivity contribution in [3.05, 3.63) is 24.3 Å². The van der Waals surface area contributed by atoms with Crippen LogP contribution in [0.2, 0.25) is 0 Å². The van der Waals surface area contributed by atoms with Crippen LogP contribution in [0.3, 0.4) is 0 Å². The van der Waals surface area contributed by atoms with Gasteiger partial charge in [0.1, 0.15) is 5.94 Å². The summed E-state index contributed by atoms with van der Waals surface area (Å²) in [6.45, 7) is 1.72. The van der Waals surface area contributed by atoms with Gasteiger partial charge in [-0.05, 0) is 24.3 Å². The van der Waals surface area contributed by atoms with Crippen molar-refractivity contribution in [1.29, 1.82) is 0 Å². The Bertz CT molecular complexity index is 464. The van der Waals surface area contributed by atoms with Crippen LogP contribution in [0.4, 0.5) is 5.69 Å². The lowest BCUT2D eigenvalue weighted by Gasteiger charge is -2.05. The Hall–Kier alpha value is -1.40. The number of anilines is 1. The van der Waals surface area contributed by atoms with Crippen LogP contribution in [0.15, 0.2) is 29.2 Å². The topological polar surface area (TPSA) is 83.5 Å². The molecule has 0 aliphatic heterocycles. The fraction of sp³-hybridized carbons (Fsp3) is 0.300. The van der Waals surface area contributed by atoms with Gasteiger partial charge in [-0.1, -0.05) is 6.92 Å². The van der Waals surface area contributed by atoms with E-state index in [1.54, 1.807) is 6.92 Å². The van der Waals surface area contributed by atoms with Gasteiger partial charge < -0.3 is 10.4 Å². The van der Waals surface area contributed by atoms with E-state index in [4.69, 9.17) is 5.11 Å². The Morgan fingerprint density at radius 2 is 1.88 bits per heavy atom. The fourth-order valence-corrected chi connectivity index (χ4v) is 1.77. The largest absolute Gasteiger partial charge is 0.380 e. The Morgan fingerprint density at radius 3 is 2.31 bits per heavy atom. The number of carbonyl (C=O) groups excluding carboxylic acids is 1. The number of benzene rings is 1. The van der Waals surface area contributed by atoms with Crippen LogP contribution in [0.1, 0.15) is 13.3 Å². The zero-order valence-electron chi connectivity index (χ0n) is 8.80. The highest BCUT2D eigenvalue weighted by Gasteiger charge is 2.12. The zero-order chi connectivity index (χ0) is 12.2. The summed E-state index contributed by atoms with van der Waals surface area (Å²) >= 11 is 0. The highest BCUT2D eigenvalue weighted by molar-refractivity contribution is 7.91. The van der Waals surface area contributed by atoms with Crippen LogP contribution in [-0.2, 0) is 14.6 Å². The molecular weight excluding hydrogens is 230 g/mol. The quantitative estimate of drug-likeness (QED) is 0.817. The van der Waals surface area contributed by atoms with E-state index in [-0.39, 0.29) is 10.8 Å². The van der Waals surface area contributed by atoms with Crippen LogP contribution < -0.4 is 5.32 Å². The Kier molecular flexibility index (Phi) is 4.03. The number of rotatable bonds is 4. The normalized spacial score (nSPS) is 11.1. The first kappa shape index (κ1) is 12.7. The van der Waals surface area contributed by atoms with Gasteiger partial charge in [-0.15, -0.1) is 0 Å². The second kappa shape index (κ2) is 5.09. The fourth-order valence-electron chi connectivity index (χ4n) is 1.07. The molecule has 1 rings (SSSR count). The average Bonchev–Trinajstić information content (AvgIpc) is 2.29. The van der Waals surface area contributed by atoms with Crippen molar-refractivity contribution in [2.24, 2.45) is 0 Å². The molecule has 0 fully saturated rings. The van der Waals surface area contributed by atoms with Gasteiger partial charge in [0, 0.05) is 12.1 Å². The molecule has 0 saturated carbocycles. The molecule has 0 heterocycles. The van der Waals surface area contributed by atoms with E-state index in [1.165, 1.54) is 24.3 Å². The van der Waals surface area contributed by atoms with Crippen LogP contribution in [-0.4, -0.2) is 25.4 Å². The number of sulfone groups is 1. The summed E-state index contributed by atoms with van der Waals surface area (Å²) in [4.78, 5) is 11.1. The molecule has 88 valence electrons. The van der Waals surface area contributed by atoms with Crippen molar-refractivity contribution in [2.75, 3.05) is 11.3 Å². The van der Waals surface area contributed by atoms with Crippen molar-refractivity contribution in [3.63, 3.8) is 0 Å². The number of aliphatic hydroxyl groups excluding tert-OH is 1. The van der Waals surface area contributed by atoms with Crippen molar-refractivity contribution < 1.29 is 18.3 Å². The molecule has 1 aromatic rings. The standard InChI is InChI=1S/C10H13NO4S/c1-2-10(13)11-8-3-5-9(6-4-8)16(14,15)7-12/h3-6,12H,2,7H2,1H3,(H,11,13). The van der Waals surface area contributed by atoms with E-state index in [1.807, 2.05) is 0 Å². The summed E-state index contributed by atoms with van der Waals surface area (Å²) in [6.07, 6.45) is 0.358. The van der Waals surface area contributed by atoms with Gasteiger partial charge in [-0.25, -0.2) is 8.42 Å². The third kappa shape index (κ3) is 3.04. The monoisotopic (exact) mass is 243 g/mol. The summed E-state index contributed by atoms with van der Waals surface area (Å²) in [5, 5.41) is 11.2. The van der Waals surface area contributed by atoms with Crippen LogP contribution in [0.25, 0.3) is 0 Å². The van der Waals surface area contributed by atoms with E-state index < -0.39 is 15.8 Å². The van der Waals surface area contributed by atoms with Crippen LogP contribution in [0.5, 0.6) is 0 Å². The van der Waals surface area contributed by atoms with E-state index >= 15 is 0 Å². The molecule has 1 amide bonds. The number of hydrogen-bond donors (Lipinski definition) is 2. The summed E-state index contributed by atoms with van der Waals surface area (Å²) in [5.41, 5.74) is 0.531. The first-order valence-electron chi connectivity index (χ1n) is 4.73. The van der Waals surface area contributed by atoms with Gasteiger partial charge in [0.25, 0.3) is 0 Å². The molecule has 0 aromatic heterocycles. The highest BCUT2D eigenvalue weighted by Crippen LogP contribution is 2.14. The number of amides is 1. The lowest BCUT2D eigenvalue weighted by Crippen LogP contribution is -2.10. The smallest absolute Gasteiger partial charge is 0.224 e. The predicted octanol–water partition coefficient (Wildman–Crippen LogP) is 0.759. The average molecular weight is 243 g/mol. The number of hydrogen-bond acceptors (Lipinski definition) is 4. The second-order valence-electron chi connectivity index (χ2n) is 3.17. The van der Waals surface area contributed by atoms with Crippen LogP contribution >= 0.6 is 0 Å². The molecule has 0 saturated heterocycles. The number of carbonyl (C=O) groups is 1. The molecule has 16 heavy (non-hydrogen) atoms. The van der Waals surface area contributed by atoms with Crippen LogP contribution in [0, 0.1) is 0 Å². The Balaban J connectivity index is 2.88. The molecule has 2 N–H and O–H groups in total. The van der Waals surface area contributed by atoms with Gasteiger partial charge in [0.05, 0.1) is 4.90 Å². The van der Waals surface area contributed by atoms with Gasteiger partial charge in [0.2, 0.25) is 15.7 Å². The summed E-state index contributed by atoms with van der Waals surface area (Å²) in [7, 11) is -3.61. The Labute approximate surface area is 94.0 Å². The minimum atomic E-state index is -3.61. The predicted molar refractivity (Wildman–Crippen MR) is 59.6 cm³/mol. The zero-order valence-corrected chi connectivity index (χ0v) is 9.62. The molecule has 0 spiro atoms. The molecule has 0 unspecified atom stereocenters. The third-order valence-corrected chi connectivity index (χ3v) is 3.32. The van der Waals surface area contributed by atoms with Gasteiger partial charge in [0.15, 0.2) is 0 Å². The molecule has 5 nitrogen and oxygen atoms in total. The lowest BCUT2D eigenvalue weighted by molar-refractivity contribution is -0.115. The molecule has 6 heteroatoms. The molecule has 0 bridgehead atoms. The molecule has 0 radical (unpaired) electrons. The first-order valence-corrected chi connectivity index (χ1v) is 6.38. The highest BCUT2D eigenvalue weighted by atomic mass is 32.2. The molecule has 0 aliphatic rings. The van der Waals surface area contributed by atoms with E-state index in [9.17, 15) is 13.2 Å². The second-order valence-corrected chi connectivity index (χ2v) is 5.13.